The average Bonchev–Trinajstić information content (AvgIpc) is 0. The zero-order valence-electron chi connectivity index (χ0n) is 29.4. The van der Waals surface area contributed by atoms with E-state index in [9.17, 15) is 0 Å². The van der Waals surface area contributed by atoms with Gasteiger partial charge in [0.15, 0.2) is 0 Å². The predicted octanol–water partition coefficient (Wildman–Crippen LogP) is -0.233. The summed E-state index contributed by atoms with van der Waals surface area (Å²) >= 11 is 0. The van der Waals surface area contributed by atoms with E-state index in [-0.39, 0.29) is 1960 Å². The minimum Gasteiger partial charge on any atom is 0 e. The molecular weight excluding hydrogens is 18100 g/mol. The average molecular weight is 18100 g/mol. The van der Waals surface area contributed by atoms with E-state index in [0.29, 0.717) is 0 Å². The summed E-state index contributed by atoms with van der Waals surface area (Å²) in [5.74, 6) is 0. The van der Waals surface area contributed by atoms with Gasteiger partial charge in [0.1, 0.15) is 0 Å². The van der Waals surface area contributed by atoms with Gasteiger partial charge in [0.2, 0.25) is 0 Å². The van der Waals surface area contributed by atoms with Crippen molar-refractivity contribution in [3.63, 3.8) is 0 Å². The Morgan fingerprint density at radius 1 is 0.0108 bits per heavy atom. The first-order valence-corrected chi connectivity index (χ1v) is 0. The fourth-order valence-corrected chi connectivity index (χ4v) is 0. The molecule has 0 aliphatic heterocycles. The van der Waals surface area contributed by atoms with Gasteiger partial charge in [0, 0.05) is 1960 Å². The maximum atomic E-state index is 0. The first-order chi connectivity index (χ1) is 0. The van der Waals surface area contributed by atoms with Gasteiger partial charge in [-0.15, -0.1) is 0 Å². The van der Waals surface area contributed by atoms with E-state index in [4.69, 9.17) is 0 Å². The third-order valence-electron chi connectivity index (χ3n) is 0. The molecule has 0 aromatic rings. The Hall–Kier alpha value is 64.0. The number of rotatable bonds is 0. The Labute approximate surface area is 1900 Å². The zero-order valence-corrected chi connectivity index (χ0v) is 241. The van der Waals surface area contributed by atoms with Gasteiger partial charge in [0.05, 0.1) is 0 Å². The minimum absolute atomic E-state index is 0. The van der Waals surface area contributed by atoms with Crippen LogP contribution in [0.1, 0.15) is 0 Å². The molecule has 0 saturated heterocycles. The number of hydrogen-bond acceptors (Lipinski definition) is 0. The Bertz CT molecular complexity index is 0. The Morgan fingerprint density at radius 2 is 0.0108 bits per heavy atom. The molecule has 0 N–H and O–H groups in total. The quantitative estimate of drug-likeness (QED) is 0.315. The molecule has 0 aliphatic carbocycles. The van der Waals surface area contributed by atoms with Crippen molar-refractivity contribution in [1.82, 2.24) is 0 Å². The van der Waals surface area contributed by atoms with Crippen molar-refractivity contribution in [3.8, 4) is 0 Å². The van der Waals surface area contributed by atoms with E-state index in [1.807, 2.05) is 0 Å². The molecule has 0 fully saturated rings. The van der Waals surface area contributed by atoms with Crippen LogP contribution in [-0.4, -0.2) is 0 Å². The van der Waals surface area contributed by atoms with Crippen molar-refractivity contribution in [1.29, 1.82) is 0 Å². The standard InChI is InChI=1S/93Pt. The Morgan fingerprint density at radius 3 is 0.0108 bits per heavy atom. The molecule has 0 aliphatic rings. The minimum atomic E-state index is 0. The van der Waals surface area contributed by atoms with Gasteiger partial charge in [-0.1, -0.05) is 0 Å². The maximum absolute atomic E-state index is 0. The molecular formula is Pt93. The van der Waals surface area contributed by atoms with Crippen LogP contribution in [0, 0.1) is 0 Å². The van der Waals surface area contributed by atoms with Gasteiger partial charge >= 0.3 is 0 Å². The van der Waals surface area contributed by atoms with Gasteiger partial charge in [-0.3, -0.25) is 0 Å². The smallest absolute Gasteiger partial charge is 0 e. The maximum Gasteiger partial charge on any atom is 0 e. The molecule has 0 rings (SSSR count). The first kappa shape index (κ1) is 933. The Kier molecular flexibility index (Phi) is 9170. The van der Waals surface area contributed by atoms with Gasteiger partial charge in [-0.05, 0) is 0 Å². The van der Waals surface area contributed by atoms with Crippen molar-refractivity contribution in [2.75, 3.05) is 0 Å². The van der Waals surface area contributed by atoms with Crippen molar-refractivity contribution in [2.24, 2.45) is 0 Å². The third kappa shape index (κ3) is 903. The Balaban J connectivity index is 0. The molecule has 93 heavy (non-hydrogen) atoms. The van der Waals surface area contributed by atoms with Crippen molar-refractivity contribution in [2.45, 2.75) is 0 Å². The van der Waals surface area contributed by atoms with Crippen LogP contribution in [0.5, 0.6) is 0 Å². The summed E-state index contributed by atoms with van der Waals surface area (Å²) in [6.07, 6.45) is 0. The summed E-state index contributed by atoms with van der Waals surface area (Å²) in [4.78, 5) is 0. The fraction of sp³-hybridized carbons (Fsp3) is 0. The van der Waals surface area contributed by atoms with E-state index >= 15 is 0 Å². The number of hydrogen-bond donors (Lipinski definition) is 0. The molecule has 0 nitrogen and oxygen atoms in total. The molecule has 0 heterocycles. The first-order valence-electron chi connectivity index (χ1n) is 0. The molecule has 0 atom stereocenters. The van der Waals surface area contributed by atoms with Crippen LogP contribution in [0.3, 0.4) is 0 Å². The molecule has 0 spiro atoms. The van der Waals surface area contributed by atoms with Crippen molar-refractivity contribution >= 4 is 0 Å². The van der Waals surface area contributed by atoms with Crippen molar-refractivity contribution in [3.05, 3.63) is 0 Å². The molecule has 93 heteroatoms. The summed E-state index contributed by atoms with van der Waals surface area (Å²) in [5.41, 5.74) is 0. The van der Waals surface area contributed by atoms with Crippen LogP contribution in [0.2, 0.25) is 0 Å². The van der Waals surface area contributed by atoms with Crippen LogP contribution in [-0.2, 0) is 1960 Å². The third-order valence-corrected chi connectivity index (χ3v) is 0. The molecule has 930 valence electrons. The SMILES string of the molecule is [Pt].[Pt].[Pt].[Pt].[Pt].[Pt].[Pt].[Pt].[Pt].[Pt].[Pt].[Pt].[Pt].[Pt].[Pt].[Pt].[Pt].[Pt].[Pt].[Pt].[Pt].[Pt].[Pt].[Pt].[Pt].[Pt].[Pt].[Pt].[Pt].[Pt].[Pt].[Pt].[Pt].[Pt].[Pt].[Pt].[Pt].[Pt].[Pt].[Pt].[Pt].[Pt].[Pt].[Pt].[Pt].[Pt].[Pt].[Pt].[Pt].[Pt].[Pt].[Pt].[Pt].[Pt].[Pt].[Pt].[Pt].[Pt].[Pt].[Pt].[Pt].[Pt].[Pt].[Pt].[Pt].[Pt].[Pt].[Pt].[Pt].[Pt].[Pt].[Pt].[Pt].[Pt].[Pt].[Pt].[Pt].[Pt].[Pt].[Pt].[Pt].[Pt].[Pt].[Pt].[Pt].[Pt].[Pt].[Pt].[Pt].[Pt].[Pt].[Pt].[Pt]. The molecule has 0 saturated carbocycles. The summed E-state index contributed by atoms with van der Waals surface area (Å²) in [5, 5.41) is 0. The molecule has 0 amide bonds. The second-order valence-electron chi connectivity index (χ2n) is 0. The van der Waals surface area contributed by atoms with E-state index in [2.05, 4.69) is 0 Å². The molecule has 0 aromatic carbocycles. The topological polar surface area (TPSA) is 0 Å². The molecule has 0 radical (unpaired) electrons. The van der Waals surface area contributed by atoms with Crippen molar-refractivity contribution < 1.29 is 1960 Å². The summed E-state index contributed by atoms with van der Waals surface area (Å²) in [6, 6.07) is 0. The second kappa shape index (κ2) is 915. The molecule has 0 bridgehead atoms. The van der Waals surface area contributed by atoms with Gasteiger partial charge in [-0.25, -0.2) is 0 Å². The van der Waals surface area contributed by atoms with Gasteiger partial charge < -0.3 is 0 Å². The van der Waals surface area contributed by atoms with Crippen LogP contribution < -0.4 is 0 Å². The normalized spacial score (nSPS) is 0. The van der Waals surface area contributed by atoms with Crippen LogP contribution in [0.15, 0.2) is 0 Å². The summed E-state index contributed by atoms with van der Waals surface area (Å²) in [7, 11) is 0. The zero-order chi connectivity index (χ0) is 0. The molecule has 0 unspecified atom stereocenters. The largest absolute Gasteiger partial charge is 0 e. The van der Waals surface area contributed by atoms with E-state index < -0.39 is 0 Å². The monoisotopic (exact) mass is 18100 g/mol. The second-order valence-corrected chi connectivity index (χ2v) is 0. The van der Waals surface area contributed by atoms with Gasteiger partial charge in [0.25, 0.3) is 0 Å². The van der Waals surface area contributed by atoms with Gasteiger partial charge in [-0.2, -0.15) is 0 Å². The van der Waals surface area contributed by atoms with E-state index in [0.717, 1.165) is 0 Å². The summed E-state index contributed by atoms with van der Waals surface area (Å²) < 4.78 is 0. The van der Waals surface area contributed by atoms with Crippen LogP contribution in [0.25, 0.3) is 0 Å². The predicted molar refractivity (Wildman–Crippen MR) is 0 cm³/mol. The molecule has 0 aromatic heterocycles. The van der Waals surface area contributed by atoms with E-state index in [1.54, 1.807) is 0 Å². The van der Waals surface area contributed by atoms with E-state index in [1.165, 1.54) is 0 Å². The van der Waals surface area contributed by atoms with Crippen LogP contribution >= 0.6 is 0 Å². The fourth-order valence-electron chi connectivity index (χ4n) is 0. The van der Waals surface area contributed by atoms with Crippen LogP contribution in [0.4, 0.5) is 0 Å². The summed E-state index contributed by atoms with van der Waals surface area (Å²) in [6.45, 7) is 0.